The largest absolute Gasteiger partial charge is 0.454 e. The smallest absolute Gasteiger partial charge is 0.240 e. The second kappa shape index (κ2) is 6.83. The van der Waals surface area contributed by atoms with Crippen molar-refractivity contribution in [2.24, 2.45) is 5.10 Å². The van der Waals surface area contributed by atoms with Crippen LogP contribution in [-0.2, 0) is 14.8 Å². The number of sulfonamides is 1. The fourth-order valence-corrected chi connectivity index (χ4v) is 3.94. The molecular weight excluding hydrogens is 382 g/mol. The van der Waals surface area contributed by atoms with Gasteiger partial charge in [-0.25, -0.2) is 13.4 Å². The fraction of sp³-hybridized carbons (Fsp3) is 0.263. The number of amides is 1. The molecule has 0 fully saturated rings. The van der Waals surface area contributed by atoms with Gasteiger partial charge in [-0.1, -0.05) is 24.3 Å². The molecule has 1 atom stereocenters. The molecule has 2 aliphatic heterocycles. The molecule has 0 saturated heterocycles. The Hall–Kier alpha value is -3.07. The van der Waals surface area contributed by atoms with Gasteiger partial charge < -0.3 is 9.47 Å². The number of carbonyl (C=O) groups excluding carboxylic acids is 1. The van der Waals surface area contributed by atoms with Crippen LogP contribution in [0.15, 0.2) is 47.6 Å². The van der Waals surface area contributed by atoms with Crippen molar-refractivity contribution in [1.82, 2.24) is 5.01 Å². The highest BCUT2D eigenvalue weighted by Gasteiger charge is 2.33. The number of carbonyl (C=O) groups is 1. The normalized spacial score (nSPS) is 18.1. The predicted molar refractivity (Wildman–Crippen MR) is 104 cm³/mol. The highest BCUT2D eigenvalue weighted by atomic mass is 32.2. The zero-order valence-corrected chi connectivity index (χ0v) is 16.2. The first-order valence-electron chi connectivity index (χ1n) is 8.66. The maximum atomic E-state index is 12.2. The first-order chi connectivity index (χ1) is 13.3. The molecule has 0 aliphatic carbocycles. The summed E-state index contributed by atoms with van der Waals surface area (Å²) in [6.07, 6.45) is 1.54. The minimum atomic E-state index is -3.45. The molecule has 2 aliphatic rings. The van der Waals surface area contributed by atoms with E-state index in [1.807, 2.05) is 18.2 Å². The van der Waals surface area contributed by atoms with Crippen LogP contribution in [0.3, 0.4) is 0 Å². The van der Waals surface area contributed by atoms with E-state index >= 15 is 0 Å². The van der Waals surface area contributed by atoms with Gasteiger partial charge in [0.05, 0.1) is 23.7 Å². The molecule has 28 heavy (non-hydrogen) atoms. The number of para-hydroxylation sites is 1. The molecule has 9 heteroatoms. The summed E-state index contributed by atoms with van der Waals surface area (Å²) in [5.74, 6) is 1.10. The summed E-state index contributed by atoms with van der Waals surface area (Å²) >= 11 is 0. The molecule has 0 radical (unpaired) electrons. The number of hydrogen-bond donors (Lipinski definition) is 1. The second-order valence-electron chi connectivity index (χ2n) is 6.66. The lowest BCUT2D eigenvalue weighted by Crippen LogP contribution is -2.24. The van der Waals surface area contributed by atoms with Crippen molar-refractivity contribution in [3.63, 3.8) is 0 Å². The third-order valence-electron chi connectivity index (χ3n) is 4.55. The number of hydrazone groups is 1. The van der Waals surface area contributed by atoms with Crippen LogP contribution < -0.4 is 14.2 Å². The van der Waals surface area contributed by atoms with Gasteiger partial charge in [0.2, 0.25) is 22.7 Å². The Bertz CT molecular complexity index is 1080. The number of nitrogens with one attached hydrogen (secondary N) is 1. The zero-order valence-electron chi connectivity index (χ0n) is 15.4. The molecule has 0 bridgehead atoms. The van der Waals surface area contributed by atoms with Gasteiger partial charge in [-0.2, -0.15) is 5.10 Å². The van der Waals surface area contributed by atoms with Gasteiger partial charge in [-0.05, 0) is 23.8 Å². The first-order valence-corrected chi connectivity index (χ1v) is 10.5. The first kappa shape index (κ1) is 18.3. The van der Waals surface area contributed by atoms with Gasteiger partial charge >= 0.3 is 0 Å². The number of hydrogen-bond acceptors (Lipinski definition) is 6. The highest BCUT2D eigenvalue weighted by molar-refractivity contribution is 7.92. The van der Waals surface area contributed by atoms with E-state index in [1.165, 1.54) is 11.9 Å². The van der Waals surface area contributed by atoms with Crippen LogP contribution >= 0.6 is 0 Å². The van der Waals surface area contributed by atoms with Crippen LogP contribution in [-0.4, -0.2) is 38.1 Å². The Kier molecular flexibility index (Phi) is 4.46. The number of benzene rings is 2. The van der Waals surface area contributed by atoms with Crippen molar-refractivity contribution >= 4 is 27.3 Å². The number of anilines is 1. The van der Waals surface area contributed by atoms with Crippen LogP contribution in [0.5, 0.6) is 11.5 Å². The minimum absolute atomic E-state index is 0.173. The molecule has 146 valence electrons. The van der Waals surface area contributed by atoms with Crippen molar-refractivity contribution in [2.75, 3.05) is 17.8 Å². The molecule has 1 N–H and O–H groups in total. The van der Waals surface area contributed by atoms with E-state index in [-0.39, 0.29) is 18.7 Å². The fourth-order valence-electron chi connectivity index (χ4n) is 3.37. The van der Waals surface area contributed by atoms with Gasteiger partial charge in [0.1, 0.15) is 0 Å². The van der Waals surface area contributed by atoms with Gasteiger partial charge in [0.15, 0.2) is 11.5 Å². The molecule has 4 rings (SSSR count). The number of ether oxygens (including phenoxy) is 2. The third-order valence-corrected chi connectivity index (χ3v) is 5.14. The van der Waals surface area contributed by atoms with E-state index < -0.39 is 10.0 Å². The summed E-state index contributed by atoms with van der Waals surface area (Å²) in [6.45, 7) is 1.62. The maximum Gasteiger partial charge on any atom is 0.240 e. The van der Waals surface area contributed by atoms with Gasteiger partial charge in [-0.15, -0.1) is 0 Å². The van der Waals surface area contributed by atoms with Crippen molar-refractivity contribution in [3.8, 4) is 11.5 Å². The summed E-state index contributed by atoms with van der Waals surface area (Å²) < 4.78 is 36.7. The van der Waals surface area contributed by atoms with Crippen LogP contribution in [0.4, 0.5) is 5.69 Å². The number of rotatable bonds is 4. The average Bonchev–Trinajstić information content (AvgIpc) is 3.27. The zero-order chi connectivity index (χ0) is 19.9. The molecule has 2 aromatic carbocycles. The Morgan fingerprint density at radius 2 is 1.93 bits per heavy atom. The van der Waals surface area contributed by atoms with Gasteiger partial charge in [0.25, 0.3) is 0 Å². The molecule has 0 saturated carbocycles. The molecular formula is C19H19N3O5S. The SMILES string of the molecule is CC(=O)N1N=C(c2ccccc2NS(C)(=O)=O)CC1c1ccc2c(c1)OCO2. The van der Waals surface area contributed by atoms with E-state index in [9.17, 15) is 13.2 Å². The Morgan fingerprint density at radius 1 is 1.18 bits per heavy atom. The number of nitrogens with zero attached hydrogens (tertiary/aromatic N) is 2. The summed E-state index contributed by atoms with van der Waals surface area (Å²) in [4.78, 5) is 12.2. The summed E-state index contributed by atoms with van der Waals surface area (Å²) in [7, 11) is -3.45. The lowest BCUT2D eigenvalue weighted by Gasteiger charge is -2.20. The third kappa shape index (κ3) is 3.53. The molecule has 2 heterocycles. The van der Waals surface area contributed by atoms with Crippen molar-refractivity contribution in [2.45, 2.75) is 19.4 Å². The molecule has 0 spiro atoms. The van der Waals surface area contributed by atoms with Crippen molar-refractivity contribution < 1.29 is 22.7 Å². The summed E-state index contributed by atoms with van der Waals surface area (Å²) in [6, 6.07) is 12.2. The topological polar surface area (TPSA) is 97.3 Å². The Labute approximate surface area is 162 Å². The number of fused-ring (bicyclic) bond motifs is 1. The summed E-state index contributed by atoms with van der Waals surface area (Å²) in [5.41, 5.74) is 2.57. The van der Waals surface area contributed by atoms with E-state index in [2.05, 4.69) is 9.82 Å². The Balaban J connectivity index is 1.70. The molecule has 2 aromatic rings. The highest BCUT2D eigenvalue weighted by Crippen LogP contribution is 2.39. The quantitative estimate of drug-likeness (QED) is 0.849. The Morgan fingerprint density at radius 3 is 2.68 bits per heavy atom. The van der Waals surface area contributed by atoms with Crippen LogP contribution in [0.25, 0.3) is 0 Å². The monoisotopic (exact) mass is 401 g/mol. The second-order valence-corrected chi connectivity index (χ2v) is 8.41. The van der Waals surface area contributed by atoms with Crippen molar-refractivity contribution in [3.05, 3.63) is 53.6 Å². The van der Waals surface area contributed by atoms with E-state index in [1.54, 1.807) is 24.3 Å². The van der Waals surface area contributed by atoms with E-state index in [0.717, 1.165) is 11.8 Å². The van der Waals surface area contributed by atoms with Gasteiger partial charge in [-0.3, -0.25) is 9.52 Å². The maximum absolute atomic E-state index is 12.2. The van der Waals surface area contributed by atoms with Gasteiger partial charge in [0, 0.05) is 18.9 Å². The predicted octanol–water partition coefficient (Wildman–Crippen LogP) is 2.48. The van der Waals surface area contributed by atoms with E-state index in [4.69, 9.17) is 9.47 Å². The van der Waals surface area contributed by atoms with Crippen LogP contribution in [0.1, 0.15) is 30.5 Å². The lowest BCUT2D eigenvalue weighted by atomic mass is 9.97. The summed E-state index contributed by atoms with van der Waals surface area (Å²) in [5, 5.41) is 5.91. The molecule has 1 unspecified atom stereocenters. The van der Waals surface area contributed by atoms with Crippen molar-refractivity contribution in [1.29, 1.82) is 0 Å². The molecule has 0 aromatic heterocycles. The molecule has 1 amide bonds. The minimum Gasteiger partial charge on any atom is -0.454 e. The van der Waals surface area contributed by atoms with E-state index in [0.29, 0.717) is 34.9 Å². The average molecular weight is 401 g/mol. The molecule has 8 nitrogen and oxygen atoms in total. The lowest BCUT2D eigenvalue weighted by molar-refractivity contribution is -0.130. The van der Waals surface area contributed by atoms with Crippen LogP contribution in [0.2, 0.25) is 0 Å². The standard InChI is InChI=1S/C19H19N3O5S/c1-12(23)22-17(13-7-8-18-19(9-13)27-11-26-18)10-16(20-22)14-5-3-4-6-15(14)21-28(2,24)25/h3-9,17,21H,10-11H2,1-2H3. The van der Waals surface area contributed by atoms with Crippen LogP contribution in [0, 0.1) is 0 Å².